The van der Waals surface area contributed by atoms with Gasteiger partial charge in [0, 0.05) is 29.0 Å². The Balaban J connectivity index is 2.04. The molecule has 3 aromatic rings. The van der Waals surface area contributed by atoms with Gasteiger partial charge in [-0.3, -0.25) is 15.1 Å². The van der Waals surface area contributed by atoms with Crippen LogP contribution in [0.5, 0.6) is 0 Å². The summed E-state index contributed by atoms with van der Waals surface area (Å²) in [6.07, 6.45) is 2.64. The highest BCUT2D eigenvalue weighted by atomic mass is 35.5. The Morgan fingerprint density at radius 2 is 2.04 bits per heavy atom. The zero-order chi connectivity index (χ0) is 16.4. The van der Waals surface area contributed by atoms with Gasteiger partial charge in [0.05, 0.1) is 10.4 Å². The van der Waals surface area contributed by atoms with Crippen molar-refractivity contribution in [2.24, 2.45) is 0 Å². The number of rotatable bonds is 4. The summed E-state index contributed by atoms with van der Waals surface area (Å²) in [6.45, 7) is 2.09. The van der Waals surface area contributed by atoms with Gasteiger partial charge in [-0.1, -0.05) is 24.6 Å². The van der Waals surface area contributed by atoms with Crippen LogP contribution in [0.3, 0.4) is 0 Å². The summed E-state index contributed by atoms with van der Waals surface area (Å²) >= 11 is 5.85. The first kappa shape index (κ1) is 15.2. The quantitative estimate of drug-likeness (QED) is 0.534. The number of anilines is 2. The third-order valence-corrected chi connectivity index (χ3v) is 3.96. The summed E-state index contributed by atoms with van der Waals surface area (Å²) < 4.78 is 0. The smallest absolute Gasteiger partial charge is 0.289 e. The van der Waals surface area contributed by atoms with E-state index < -0.39 is 4.92 Å². The van der Waals surface area contributed by atoms with Crippen LogP contribution in [0.2, 0.25) is 5.02 Å². The van der Waals surface area contributed by atoms with Gasteiger partial charge in [0.25, 0.3) is 5.69 Å². The molecule has 5 nitrogen and oxygen atoms in total. The molecule has 1 heterocycles. The first-order chi connectivity index (χ1) is 11.1. The Kier molecular flexibility index (Phi) is 4.12. The second kappa shape index (κ2) is 6.22. The second-order valence-corrected chi connectivity index (χ2v) is 5.52. The van der Waals surface area contributed by atoms with E-state index in [-0.39, 0.29) is 10.7 Å². The number of hydrogen-bond donors (Lipinski definition) is 1. The molecule has 116 valence electrons. The zero-order valence-electron chi connectivity index (χ0n) is 12.4. The highest BCUT2D eigenvalue weighted by molar-refractivity contribution is 6.32. The number of benzene rings is 2. The molecule has 0 bridgehead atoms. The lowest BCUT2D eigenvalue weighted by molar-refractivity contribution is -0.384. The largest absolute Gasteiger partial charge is 0.355 e. The lowest BCUT2D eigenvalue weighted by Gasteiger charge is -2.10. The van der Waals surface area contributed by atoms with Gasteiger partial charge in [0.2, 0.25) is 0 Å². The molecule has 0 spiro atoms. The predicted molar refractivity (Wildman–Crippen MR) is 92.5 cm³/mol. The highest BCUT2D eigenvalue weighted by Crippen LogP contribution is 2.31. The minimum atomic E-state index is -0.493. The number of pyridine rings is 1. The number of nitrogens with zero attached hydrogens (tertiary/aromatic N) is 2. The van der Waals surface area contributed by atoms with Gasteiger partial charge in [-0.25, -0.2) is 0 Å². The van der Waals surface area contributed by atoms with Crippen LogP contribution in [0.25, 0.3) is 10.9 Å². The SMILES string of the molecule is CCc1ccc2nccc(Nc3ccc(Cl)c([N+](=O)[O-])c3)c2c1. The summed E-state index contributed by atoms with van der Waals surface area (Å²) in [6, 6.07) is 12.6. The number of aryl methyl sites for hydroxylation is 1. The Labute approximate surface area is 138 Å². The van der Waals surface area contributed by atoms with E-state index in [1.165, 1.54) is 17.7 Å². The summed E-state index contributed by atoms with van der Waals surface area (Å²) in [5, 5.41) is 15.3. The van der Waals surface area contributed by atoms with E-state index in [2.05, 4.69) is 23.3 Å². The van der Waals surface area contributed by atoms with E-state index in [9.17, 15) is 10.1 Å². The van der Waals surface area contributed by atoms with Crippen molar-refractivity contribution in [3.63, 3.8) is 0 Å². The molecule has 0 atom stereocenters. The van der Waals surface area contributed by atoms with Crippen LogP contribution < -0.4 is 5.32 Å². The molecule has 6 heteroatoms. The van der Waals surface area contributed by atoms with Crippen molar-refractivity contribution in [3.8, 4) is 0 Å². The molecule has 23 heavy (non-hydrogen) atoms. The van der Waals surface area contributed by atoms with Gasteiger partial charge < -0.3 is 5.32 Å². The molecule has 0 aliphatic rings. The first-order valence-corrected chi connectivity index (χ1v) is 7.55. The summed E-state index contributed by atoms with van der Waals surface area (Å²) in [5.74, 6) is 0. The molecular formula is C17H14ClN3O2. The predicted octanol–water partition coefficient (Wildman–Crippen LogP) is 5.10. The number of halogens is 1. The average molecular weight is 328 g/mol. The fraction of sp³-hybridized carbons (Fsp3) is 0.118. The number of nitro groups is 1. The summed E-state index contributed by atoms with van der Waals surface area (Å²) in [5.41, 5.74) is 3.41. The van der Waals surface area contributed by atoms with Gasteiger partial charge >= 0.3 is 0 Å². The summed E-state index contributed by atoms with van der Waals surface area (Å²) in [7, 11) is 0. The fourth-order valence-electron chi connectivity index (χ4n) is 2.41. The summed E-state index contributed by atoms with van der Waals surface area (Å²) in [4.78, 5) is 14.9. The average Bonchev–Trinajstić information content (AvgIpc) is 2.56. The molecule has 1 N–H and O–H groups in total. The van der Waals surface area contributed by atoms with Crippen molar-refractivity contribution >= 4 is 39.6 Å². The van der Waals surface area contributed by atoms with Crippen molar-refractivity contribution in [1.29, 1.82) is 0 Å². The van der Waals surface area contributed by atoms with Gasteiger partial charge in [-0.05, 0) is 42.3 Å². The van der Waals surface area contributed by atoms with E-state index in [1.54, 1.807) is 12.3 Å². The number of aromatic nitrogens is 1. The Morgan fingerprint density at radius 1 is 1.22 bits per heavy atom. The fourth-order valence-corrected chi connectivity index (χ4v) is 2.59. The Morgan fingerprint density at radius 3 is 2.78 bits per heavy atom. The maximum atomic E-state index is 11.0. The molecule has 1 aromatic heterocycles. The van der Waals surface area contributed by atoms with Crippen molar-refractivity contribution in [2.75, 3.05) is 5.32 Å². The molecule has 0 aliphatic heterocycles. The van der Waals surface area contributed by atoms with Gasteiger partial charge in [0.1, 0.15) is 5.02 Å². The lowest BCUT2D eigenvalue weighted by Crippen LogP contribution is -1.95. The number of nitro benzene ring substituents is 1. The van der Waals surface area contributed by atoms with Crippen LogP contribution in [-0.4, -0.2) is 9.91 Å². The standard InChI is InChI=1S/C17H14ClN3O2/c1-2-11-3-6-15-13(9-11)16(7-8-19-15)20-12-4-5-14(18)17(10-12)21(22)23/h3-10H,2H2,1H3,(H,19,20). The molecule has 0 aliphatic carbocycles. The van der Waals surface area contributed by atoms with Crippen molar-refractivity contribution in [1.82, 2.24) is 4.98 Å². The highest BCUT2D eigenvalue weighted by Gasteiger charge is 2.13. The molecular weight excluding hydrogens is 314 g/mol. The van der Waals surface area contributed by atoms with Crippen molar-refractivity contribution in [2.45, 2.75) is 13.3 Å². The van der Waals surface area contributed by atoms with Crippen molar-refractivity contribution < 1.29 is 4.92 Å². The molecule has 0 fully saturated rings. The Hall–Kier alpha value is -2.66. The molecule has 0 unspecified atom stereocenters. The third kappa shape index (κ3) is 3.10. The minimum absolute atomic E-state index is 0.119. The van der Waals surface area contributed by atoms with Crippen LogP contribution in [0.1, 0.15) is 12.5 Å². The van der Waals surface area contributed by atoms with E-state index >= 15 is 0 Å². The van der Waals surface area contributed by atoms with Gasteiger partial charge in [-0.15, -0.1) is 0 Å². The van der Waals surface area contributed by atoms with Gasteiger partial charge in [0.15, 0.2) is 0 Å². The second-order valence-electron chi connectivity index (χ2n) is 5.11. The third-order valence-electron chi connectivity index (χ3n) is 3.64. The lowest BCUT2D eigenvalue weighted by atomic mass is 10.1. The first-order valence-electron chi connectivity index (χ1n) is 7.17. The van der Waals surface area contributed by atoms with Crippen LogP contribution in [-0.2, 0) is 6.42 Å². The molecule has 0 amide bonds. The normalized spacial score (nSPS) is 10.7. The topological polar surface area (TPSA) is 68.1 Å². The van der Waals surface area contributed by atoms with E-state index in [1.807, 2.05) is 18.2 Å². The van der Waals surface area contributed by atoms with E-state index in [4.69, 9.17) is 11.6 Å². The van der Waals surface area contributed by atoms with E-state index in [0.29, 0.717) is 5.69 Å². The molecule has 0 saturated carbocycles. The Bertz CT molecular complexity index is 896. The monoisotopic (exact) mass is 327 g/mol. The molecule has 0 radical (unpaired) electrons. The number of fused-ring (bicyclic) bond motifs is 1. The zero-order valence-corrected chi connectivity index (χ0v) is 13.2. The van der Waals surface area contributed by atoms with Crippen LogP contribution in [0.15, 0.2) is 48.7 Å². The van der Waals surface area contributed by atoms with Crippen LogP contribution in [0.4, 0.5) is 17.1 Å². The van der Waals surface area contributed by atoms with Crippen LogP contribution >= 0.6 is 11.6 Å². The number of hydrogen-bond acceptors (Lipinski definition) is 4. The molecule has 0 saturated heterocycles. The number of nitrogens with one attached hydrogen (secondary N) is 1. The maximum Gasteiger partial charge on any atom is 0.289 e. The maximum absolute atomic E-state index is 11.0. The molecule has 3 rings (SSSR count). The van der Waals surface area contributed by atoms with Crippen molar-refractivity contribution in [3.05, 3.63) is 69.4 Å². The van der Waals surface area contributed by atoms with Gasteiger partial charge in [-0.2, -0.15) is 0 Å². The molecule has 2 aromatic carbocycles. The minimum Gasteiger partial charge on any atom is -0.355 e. The van der Waals surface area contributed by atoms with Crippen LogP contribution in [0, 0.1) is 10.1 Å². The van der Waals surface area contributed by atoms with E-state index in [0.717, 1.165) is 23.0 Å².